The van der Waals surface area contributed by atoms with Gasteiger partial charge in [-0.15, -0.1) is 0 Å². The first-order chi connectivity index (χ1) is 8.75. The number of pyridine rings is 1. The minimum atomic E-state index is -0.675. The maximum atomic E-state index is 10.4. The van der Waals surface area contributed by atoms with Gasteiger partial charge in [0.1, 0.15) is 11.9 Å². The van der Waals surface area contributed by atoms with Crippen LogP contribution in [0.1, 0.15) is 28.5 Å². The van der Waals surface area contributed by atoms with E-state index in [0.717, 1.165) is 29.0 Å². The van der Waals surface area contributed by atoms with E-state index in [1.54, 1.807) is 6.20 Å². The summed E-state index contributed by atoms with van der Waals surface area (Å²) in [6.07, 6.45) is 1.96. The van der Waals surface area contributed by atoms with E-state index in [1.165, 1.54) is 5.56 Å². The molecule has 0 radical (unpaired) electrons. The van der Waals surface area contributed by atoms with Gasteiger partial charge in [-0.25, -0.2) is 0 Å². The van der Waals surface area contributed by atoms with Crippen molar-refractivity contribution in [1.82, 2.24) is 4.98 Å². The number of hydrogen-bond donors (Lipinski definition) is 1. The monoisotopic (exact) mass is 241 g/mol. The lowest BCUT2D eigenvalue weighted by Gasteiger charge is -2.14. The van der Waals surface area contributed by atoms with Gasteiger partial charge in [0, 0.05) is 29.4 Å². The van der Waals surface area contributed by atoms with Gasteiger partial charge in [-0.3, -0.25) is 4.98 Å². The summed E-state index contributed by atoms with van der Waals surface area (Å²) in [4.78, 5) is 4.22. The lowest BCUT2D eigenvalue weighted by atomic mass is 9.99. The van der Waals surface area contributed by atoms with Crippen molar-refractivity contribution in [3.05, 3.63) is 58.9 Å². The lowest BCUT2D eigenvalue weighted by Crippen LogP contribution is -2.02. The molecule has 0 fully saturated rings. The van der Waals surface area contributed by atoms with Crippen LogP contribution in [0.2, 0.25) is 0 Å². The molecule has 3 heteroatoms. The Morgan fingerprint density at radius 1 is 1.28 bits per heavy atom. The normalized spacial score (nSPS) is 15.0. The van der Waals surface area contributed by atoms with Gasteiger partial charge in [-0.1, -0.05) is 24.3 Å². The first-order valence-corrected chi connectivity index (χ1v) is 6.11. The standard InChI is InChI=1S/C15H15NO2/c1-10-5-6-12(9-16-10)14(17)13-4-2-3-11-7-8-18-15(11)13/h2-6,9,14,17H,7-8H2,1H3. The summed E-state index contributed by atoms with van der Waals surface area (Å²) in [5, 5.41) is 10.4. The Morgan fingerprint density at radius 2 is 2.17 bits per heavy atom. The van der Waals surface area contributed by atoms with E-state index in [1.807, 2.05) is 37.3 Å². The van der Waals surface area contributed by atoms with Gasteiger partial charge >= 0.3 is 0 Å². The summed E-state index contributed by atoms with van der Waals surface area (Å²) in [7, 11) is 0. The average Bonchev–Trinajstić information content (AvgIpc) is 2.87. The molecule has 3 nitrogen and oxygen atoms in total. The third-order valence-electron chi connectivity index (χ3n) is 3.29. The average molecular weight is 241 g/mol. The molecule has 0 aliphatic carbocycles. The highest BCUT2D eigenvalue weighted by Gasteiger charge is 2.21. The number of fused-ring (bicyclic) bond motifs is 1. The van der Waals surface area contributed by atoms with E-state index in [0.29, 0.717) is 6.61 Å². The van der Waals surface area contributed by atoms with Crippen LogP contribution in [0.4, 0.5) is 0 Å². The predicted molar refractivity (Wildman–Crippen MR) is 68.7 cm³/mol. The Hall–Kier alpha value is -1.87. The minimum Gasteiger partial charge on any atom is -0.493 e. The fraction of sp³-hybridized carbons (Fsp3) is 0.267. The van der Waals surface area contributed by atoms with Crippen LogP contribution in [-0.4, -0.2) is 16.7 Å². The number of aromatic nitrogens is 1. The molecule has 18 heavy (non-hydrogen) atoms. The summed E-state index contributed by atoms with van der Waals surface area (Å²) in [6, 6.07) is 9.73. The molecule has 1 aromatic carbocycles. The Labute approximate surface area is 106 Å². The summed E-state index contributed by atoms with van der Waals surface area (Å²) in [5.74, 6) is 0.838. The molecule has 0 spiro atoms. The topological polar surface area (TPSA) is 42.4 Å². The molecule has 1 aliphatic rings. The number of aliphatic hydroxyl groups is 1. The van der Waals surface area contributed by atoms with Crippen molar-refractivity contribution in [3.63, 3.8) is 0 Å². The number of aryl methyl sites for hydroxylation is 1. The highest BCUT2D eigenvalue weighted by atomic mass is 16.5. The molecule has 1 aliphatic heterocycles. The van der Waals surface area contributed by atoms with Crippen LogP contribution in [0, 0.1) is 6.92 Å². The smallest absolute Gasteiger partial charge is 0.128 e. The summed E-state index contributed by atoms with van der Waals surface area (Å²) < 4.78 is 5.62. The van der Waals surface area contributed by atoms with E-state index >= 15 is 0 Å². The predicted octanol–water partition coefficient (Wildman–Crippen LogP) is 2.41. The quantitative estimate of drug-likeness (QED) is 0.878. The maximum absolute atomic E-state index is 10.4. The highest BCUT2D eigenvalue weighted by molar-refractivity contribution is 5.47. The van der Waals surface area contributed by atoms with Gasteiger partial charge in [-0.05, 0) is 18.6 Å². The van der Waals surface area contributed by atoms with Crippen LogP contribution in [0.3, 0.4) is 0 Å². The molecular weight excluding hydrogens is 226 g/mol. The maximum Gasteiger partial charge on any atom is 0.128 e. The first-order valence-electron chi connectivity index (χ1n) is 6.11. The third kappa shape index (κ3) is 1.87. The van der Waals surface area contributed by atoms with Gasteiger partial charge < -0.3 is 9.84 Å². The molecule has 0 amide bonds. The molecule has 0 bridgehead atoms. The second-order valence-electron chi connectivity index (χ2n) is 4.57. The number of hydrogen-bond acceptors (Lipinski definition) is 3. The molecule has 2 aromatic rings. The van der Waals surface area contributed by atoms with Crippen LogP contribution >= 0.6 is 0 Å². The number of nitrogens with zero attached hydrogens (tertiary/aromatic N) is 1. The molecular formula is C15H15NO2. The second-order valence-corrected chi connectivity index (χ2v) is 4.57. The Kier molecular flexibility index (Phi) is 2.76. The Morgan fingerprint density at radius 3 is 2.94 bits per heavy atom. The van der Waals surface area contributed by atoms with Gasteiger partial charge in [0.25, 0.3) is 0 Å². The van der Waals surface area contributed by atoms with Crippen LogP contribution < -0.4 is 4.74 Å². The molecule has 2 heterocycles. The Bertz CT molecular complexity index is 563. The SMILES string of the molecule is Cc1ccc(C(O)c2cccc3c2OCC3)cn1. The largest absolute Gasteiger partial charge is 0.493 e. The lowest BCUT2D eigenvalue weighted by molar-refractivity contribution is 0.213. The van der Waals surface area contributed by atoms with Crippen LogP contribution in [-0.2, 0) is 6.42 Å². The van der Waals surface area contributed by atoms with E-state index in [2.05, 4.69) is 4.98 Å². The number of para-hydroxylation sites is 1. The van der Waals surface area contributed by atoms with E-state index in [-0.39, 0.29) is 0 Å². The number of rotatable bonds is 2. The van der Waals surface area contributed by atoms with Crippen molar-refractivity contribution in [1.29, 1.82) is 0 Å². The van der Waals surface area contributed by atoms with Gasteiger partial charge in [-0.2, -0.15) is 0 Å². The van der Waals surface area contributed by atoms with Crippen molar-refractivity contribution in [2.75, 3.05) is 6.61 Å². The molecule has 1 unspecified atom stereocenters. The first kappa shape index (κ1) is 11.2. The van der Waals surface area contributed by atoms with Crippen molar-refractivity contribution in [3.8, 4) is 5.75 Å². The zero-order valence-electron chi connectivity index (χ0n) is 10.3. The second kappa shape index (κ2) is 4.42. The van der Waals surface area contributed by atoms with Gasteiger partial charge in [0.15, 0.2) is 0 Å². The van der Waals surface area contributed by atoms with Crippen molar-refractivity contribution in [2.24, 2.45) is 0 Å². The minimum absolute atomic E-state index is 0.675. The van der Waals surface area contributed by atoms with Gasteiger partial charge in [0.2, 0.25) is 0 Å². The van der Waals surface area contributed by atoms with E-state index in [9.17, 15) is 5.11 Å². The summed E-state index contributed by atoms with van der Waals surface area (Å²) >= 11 is 0. The van der Waals surface area contributed by atoms with Crippen molar-refractivity contribution in [2.45, 2.75) is 19.4 Å². The molecule has 0 saturated carbocycles. The zero-order valence-corrected chi connectivity index (χ0v) is 10.3. The van der Waals surface area contributed by atoms with Crippen molar-refractivity contribution >= 4 is 0 Å². The van der Waals surface area contributed by atoms with Gasteiger partial charge in [0.05, 0.1) is 6.61 Å². The number of ether oxygens (including phenoxy) is 1. The zero-order chi connectivity index (χ0) is 12.5. The summed E-state index contributed by atoms with van der Waals surface area (Å²) in [6.45, 7) is 2.63. The van der Waals surface area contributed by atoms with Crippen LogP contribution in [0.5, 0.6) is 5.75 Å². The van der Waals surface area contributed by atoms with E-state index < -0.39 is 6.10 Å². The highest BCUT2D eigenvalue weighted by Crippen LogP contribution is 2.35. The number of aliphatic hydroxyl groups excluding tert-OH is 1. The van der Waals surface area contributed by atoms with E-state index in [4.69, 9.17) is 4.74 Å². The molecule has 3 rings (SSSR count). The number of benzene rings is 1. The third-order valence-corrected chi connectivity index (χ3v) is 3.29. The molecule has 0 saturated heterocycles. The van der Waals surface area contributed by atoms with Crippen LogP contribution in [0.25, 0.3) is 0 Å². The fourth-order valence-electron chi connectivity index (χ4n) is 2.28. The molecule has 1 aromatic heterocycles. The molecule has 1 atom stereocenters. The van der Waals surface area contributed by atoms with Crippen molar-refractivity contribution < 1.29 is 9.84 Å². The fourth-order valence-corrected chi connectivity index (χ4v) is 2.28. The Balaban J connectivity index is 2.00. The molecule has 1 N–H and O–H groups in total. The summed E-state index contributed by atoms with van der Waals surface area (Å²) in [5.41, 5.74) is 3.74. The molecule has 92 valence electrons. The van der Waals surface area contributed by atoms with Crippen LogP contribution in [0.15, 0.2) is 36.5 Å².